The lowest BCUT2D eigenvalue weighted by molar-refractivity contribution is -0.138. The van der Waals surface area contributed by atoms with Crippen LogP contribution in [0.3, 0.4) is 0 Å². The number of ether oxygens (including phenoxy) is 2. The number of nitrogens with zero attached hydrogens (tertiary/aromatic N) is 1. The topological polar surface area (TPSA) is 67.9 Å². The molecule has 6 nitrogen and oxygen atoms in total. The van der Waals surface area contributed by atoms with Crippen molar-refractivity contribution in [3.05, 3.63) is 58.1 Å². The van der Waals surface area contributed by atoms with Crippen molar-refractivity contribution in [1.29, 1.82) is 0 Å². The molecule has 2 unspecified atom stereocenters. The smallest absolute Gasteiger partial charge is 0.263 e. The van der Waals surface area contributed by atoms with Gasteiger partial charge in [-0.3, -0.25) is 9.59 Å². The second-order valence-corrected chi connectivity index (χ2v) is 8.76. The van der Waals surface area contributed by atoms with Crippen LogP contribution in [0.15, 0.2) is 42.5 Å². The molecule has 8 heteroatoms. The maximum atomic E-state index is 12.9. The highest BCUT2D eigenvalue weighted by atomic mass is 35.5. The Bertz CT molecular complexity index is 951. The zero-order valence-corrected chi connectivity index (χ0v) is 18.5. The van der Waals surface area contributed by atoms with Crippen LogP contribution in [0.2, 0.25) is 10.0 Å². The number of hydrogen-bond acceptors (Lipinski definition) is 4. The minimum Gasteiger partial charge on any atom is -0.484 e. The van der Waals surface area contributed by atoms with Gasteiger partial charge < -0.3 is 19.7 Å². The van der Waals surface area contributed by atoms with E-state index in [9.17, 15) is 9.59 Å². The quantitative estimate of drug-likeness (QED) is 0.709. The van der Waals surface area contributed by atoms with Crippen LogP contribution in [0.1, 0.15) is 18.4 Å². The van der Waals surface area contributed by atoms with Crippen LogP contribution in [-0.2, 0) is 16.0 Å². The number of carbonyl (C=O) groups excluding carboxylic acids is 2. The molecule has 2 aromatic carbocycles. The van der Waals surface area contributed by atoms with Crippen LogP contribution in [0.25, 0.3) is 0 Å². The van der Waals surface area contributed by atoms with Gasteiger partial charge in [-0.05, 0) is 73.2 Å². The summed E-state index contributed by atoms with van der Waals surface area (Å²) in [5, 5.41) is 4.18. The average Bonchev–Trinajstić information content (AvgIpc) is 3.25. The van der Waals surface area contributed by atoms with Gasteiger partial charge in [-0.25, -0.2) is 0 Å². The van der Waals surface area contributed by atoms with E-state index in [4.69, 9.17) is 32.7 Å². The van der Waals surface area contributed by atoms with Gasteiger partial charge in [-0.1, -0.05) is 23.2 Å². The van der Waals surface area contributed by atoms with Crippen LogP contribution in [0, 0.1) is 5.92 Å². The zero-order valence-electron chi connectivity index (χ0n) is 17.0. The van der Waals surface area contributed by atoms with Crippen molar-refractivity contribution in [1.82, 2.24) is 10.2 Å². The molecule has 0 bridgehead atoms. The Kier molecular flexibility index (Phi) is 6.88. The van der Waals surface area contributed by atoms with Crippen molar-refractivity contribution in [3.8, 4) is 11.5 Å². The molecule has 0 aromatic heterocycles. The molecule has 1 N–H and O–H groups in total. The fraction of sp³-hybridized carbons (Fsp3) is 0.391. The summed E-state index contributed by atoms with van der Waals surface area (Å²) in [5.41, 5.74) is 1.04. The molecule has 31 heavy (non-hydrogen) atoms. The fourth-order valence-corrected chi connectivity index (χ4v) is 4.24. The molecule has 0 radical (unpaired) electrons. The van der Waals surface area contributed by atoms with E-state index in [0.717, 1.165) is 24.2 Å². The summed E-state index contributed by atoms with van der Waals surface area (Å²) in [4.78, 5) is 26.8. The summed E-state index contributed by atoms with van der Waals surface area (Å²) in [6.07, 6.45) is 1.80. The van der Waals surface area contributed by atoms with Gasteiger partial charge >= 0.3 is 0 Å². The number of amides is 2. The van der Waals surface area contributed by atoms with E-state index >= 15 is 0 Å². The third-order valence-electron chi connectivity index (χ3n) is 5.61. The number of fused-ring (bicyclic) bond motifs is 1. The van der Waals surface area contributed by atoms with Gasteiger partial charge in [0.1, 0.15) is 11.5 Å². The van der Waals surface area contributed by atoms with Crippen molar-refractivity contribution in [2.45, 2.75) is 25.4 Å². The summed E-state index contributed by atoms with van der Waals surface area (Å²) in [5.74, 6) is 1.37. The Balaban J connectivity index is 1.20. The van der Waals surface area contributed by atoms with Crippen molar-refractivity contribution in [2.24, 2.45) is 5.92 Å². The van der Waals surface area contributed by atoms with E-state index in [1.54, 1.807) is 30.3 Å². The summed E-state index contributed by atoms with van der Waals surface area (Å²) < 4.78 is 11.4. The average molecular weight is 463 g/mol. The number of benzene rings is 2. The van der Waals surface area contributed by atoms with Gasteiger partial charge in [-0.15, -0.1) is 0 Å². The van der Waals surface area contributed by atoms with Crippen molar-refractivity contribution >= 4 is 35.0 Å². The lowest BCUT2D eigenvalue weighted by Gasteiger charge is -2.28. The lowest BCUT2D eigenvalue weighted by Crippen LogP contribution is -2.43. The standard InChI is InChI=1S/C23H24Cl2N2O4/c24-17-2-5-19(6-3-17)30-14-22(28)26-12-15-9-10-27(13-15)23(29)21-7-1-16-11-18(25)4-8-20(16)31-21/h2-6,8,11,15,21H,1,7,9-10,12-14H2,(H,26,28). The maximum absolute atomic E-state index is 12.9. The molecular formula is C23H24Cl2N2O4. The van der Waals surface area contributed by atoms with E-state index in [1.165, 1.54) is 0 Å². The van der Waals surface area contributed by atoms with E-state index < -0.39 is 6.10 Å². The van der Waals surface area contributed by atoms with Gasteiger partial charge in [0.05, 0.1) is 0 Å². The number of likely N-dealkylation sites (tertiary alicyclic amines) is 1. The predicted octanol–water partition coefficient (Wildman–Crippen LogP) is 3.73. The van der Waals surface area contributed by atoms with E-state index in [2.05, 4.69) is 5.32 Å². The number of halogens is 2. The molecule has 0 aliphatic carbocycles. The number of aryl methyl sites for hydroxylation is 1. The fourth-order valence-electron chi connectivity index (χ4n) is 3.92. The second-order valence-electron chi connectivity index (χ2n) is 7.88. The molecule has 2 aliphatic heterocycles. The Morgan fingerprint density at radius 1 is 1.10 bits per heavy atom. The van der Waals surface area contributed by atoms with Crippen molar-refractivity contribution < 1.29 is 19.1 Å². The number of hydrogen-bond donors (Lipinski definition) is 1. The number of rotatable bonds is 6. The molecule has 1 fully saturated rings. The SMILES string of the molecule is O=C(COc1ccc(Cl)cc1)NCC1CCN(C(=O)C2CCc3cc(Cl)ccc3O2)C1. The molecule has 2 amide bonds. The number of carbonyl (C=O) groups is 2. The summed E-state index contributed by atoms with van der Waals surface area (Å²) in [6.45, 7) is 1.74. The van der Waals surface area contributed by atoms with Crippen molar-refractivity contribution in [3.63, 3.8) is 0 Å². The Labute approximate surface area is 191 Å². The van der Waals surface area contributed by atoms with E-state index in [1.807, 2.05) is 17.0 Å². The Morgan fingerprint density at radius 2 is 1.87 bits per heavy atom. The first-order valence-corrected chi connectivity index (χ1v) is 11.1. The van der Waals surface area contributed by atoms with E-state index in [0.29, 0.717) is 41.8 Å². The van der Waals surface area contributed by atoms with Crippen LogP contribution in [0.4, 0.5) is 0 Å². The zero-order chi connectivity index (χ0) is 21.8. The molecular weight excluding hydrogens is 439 g/mol. The highest BCUT2D eigenvalue weighted by Crippen LogP contribution is 2.31. The van der Waals surface area contributed by atoms with E-state index in [-0.39, 0.29) is 24.3 Å². The summed E-state index contributed by atoms with van der Waals surface area (Å²) in [6, 6.07) is 12.4. The Morgan fingerprint density at radius 3 is 2.68 bits per heavy atom. The summed E-state index contributed by atoms with van der Waals surface area (Å²) in [7, 11) is 0. The minimum absolute atomic E-state index is 0.0144. The van der Waals surface area contributed by atoms with Gasteiger partial charge in [0, 0.05) is 29.7 Å². The van der Waals surface area contributed by atoms with Gasteiger partial charge in [-0.2, -0.15) is 0 Å². The normalized spacial score (nSPS) is 20.0. The Hall–Kier alpha value is -2.44. The molecule has 4 rings (SSSR count). The molecule has 0 spiro atoms. The largest absolute Gasteiger partial charge is 0.484 e. The van der Waals surface area contributed by atoms with Gasteiger partial charge in [0.25, 0.3) is 11.8 Å². The molecule has 164 valence electrons. The molecule has 2 aliphatic rings. The molecule has 2 aromatic rings. The molecule has 0 saturated carbocycles. The van der Waals surface area contributed by atoms with Crippen LogP contribution < -0.4 is 14.8 Å². The minimum atomic E-state index is -0.463. The molecule has 1 saturated heterocycles. The highest BCUT2D eigenvalue weighted by molar-refractivity contribution is 6.30. The van der Waals surface area contributed by atoms with Crippen molar-refractivity contribution in [2.75, 3.05) is 26.2 Å². The first kappa shape index (κ1) is 21.8. The highest BCUT2D eigenvalue weighted by Gasteiger charge is 2.34. The molecule has 2 atom stereocenters. The lowest BCUT2D eigenvalue weighted by atomic mass is 10.0. The predicted molar refractivity (Wildman–Crippen MR) is 119 cm³/mol. The maximum Gasteiger partial charge on any atom is 0.263 e. The monoisotopic (exact) mass is 462 g/mol. The third kappa shape index (κ3) is 5.63. The van der Waals surface area contributed by atoms with Crippen LogP contribution in [-0.4, -0.2) is 49.1 Å². The van der Waals surface area contributed by atoms with Gasteiger partial charge in [0.15, 0.2) is 12.7 Å². The van der Waals surface area contributed by atoms with Gasteiger partial charge in [0.2, 0.25) is 0 Å². The second kappa shape index (κ2) is 9.79. The van der Waals surface area contributed by atoms with Crippen LogP contribution in [0.5, 0.6) is 11.5 Å². The summed E-state index contributed by atoms with van der Waals surface area (Å²) >= 11 is 11.9. The first-order valence-electron chi connectivity index (χ1n) is 10.4. The van der Waals surface area contributed by atoms with Crippen LogP contribution >= 0.6 is 23.2 Å². The first-order chi connectivity index (χ1) is 15.0. The third-order valence-corrected chi connectivity index (χ3v) is 6.10. The molecule has 2 heterocycles. The number of nitrogens with one attached hydrogen (secondary N) is 1.